The Labute approximate surface area is 107 Å². The summed E-state index contributed by atoms with van der Waals surface area (Å²) in [5.74, 6) is 0. The normalized spacial score (nSPS) is 19.2. The van der Waals surface area contributed by atoms with Crippen molar-refractivity contribution in [1.82, 2.24) is 0 Å². The van der Waals surface area contributed by atoms with Crippen LogP contribution in [0.2, 0.25) is 0 Å². The van der Waals surface area contributed by atoms with Crippen LogP contribution in [-0.2, 0) is 6.42 Å². The van der Waals surface area contributed by atoms with Crippen LogP contribution in [0.25, 0.3) is 0 Å². The maximum atomic E-state index is 11.0. The first kappa shape index (κ1) is 13.0. The minimum Gasteiger partial charge on any atom is -0.325 e. The minimum atomic E-state index is -0.310. The van der Waals surface area contributed by atoms with Gasteiger partial charge in [-0.1, -0.05) is 43.9 Å². The summed E-state index contributed by atoms with van der Waals surface area (Å²) >= 11 is 0. The van der Waals surface area contributed by atoms with Gasteiger partial charge in [-0.2, -0.15) is 0 Å². The number of nitro groups is 1. The topological polar surface area (TPSA) is 69.2 Å². The van der Waals surface area contributed by atoms with Crippen LogP contribution < -0.4 is 5.73 Å². The predicted octanol–water partition coefficient (Wildman–Crippen LogP) is 3.19. The number of nitro benzene ring substituents is 1. The molecule has 0 spiro atoms. The van der Waals surface area contributed by atoms with Crippen molar-refractivity contribution in [3.8, 4) is 0 Å². The molecule has 1 aliphatic rings. The first-order chi connectivity index (χ1) is 8.61. The summed E-state index contributed by atoms with van der Waals surface area (Å²) in [7, 11) is 0. The Balaban J connectivity index is 2.19. The minimum absolute atomic E-state index is 0.201. The monoisotopic (exact) mass is 248 g/mol. The molecule has 4 heteroatoms. The van der Waals surface area contributed by atoms with Crippen molar-refractivity contribution in [2.24, 2.45) is 5.73 Å². The highest BCUT2D eigenvalue weighted by molar-refractivity contribution is 5.40. The van der Waals surface area contributed by atoms with Crippen molar-refractivity contribution in [1.29, 1.82) is 0 Å². The number of para-hydroxylation sites is 1. The van der Waals surface area contributed by atoms with Crippen LogP contribution in [0.4, 0.5) is 5.69 Å². The Morgan fingerprint density at radius 3 is 2.39 bits per heavy atom. The molecule has 1 aromatic carbocycles. The van der Waals surface area contributed by atoms with Gasteiger partial charge in [-0.15, -0.1) is 0 Å². The van der Waals surface area contributed by atoms with Crippen LogP contribution in [-0.4, -0.2) is 10.5 Å². The molecule has 0 aromatic heterocycles. The zero-order chi connectivity index (χ0) is 13.0. The third-order valence-electron chi connectivity index (χ3n) is 3.83. The standard InChI is InChI=1S/C14H20N2O2/c15-14(9-5-1-2-6-10-14)11-12-7-3-4-8-13(12)16(17)18/h3-4,7-8H,1-2,5-6,9-11,15H2. The van der Waals surface area contributed by atoms with E-state index in [1.165, 1.54) is 12.8 Å². The summed E-state index contributed by atoms with van der Waals surface area (Å²) in [5, 5.41) is 11.0. The Morgan fingerprint density at radius 1 is 1.17 bits per heavy atom. The summed E-state index contributed by atoms with van der Waals surface area (Å²) in [4.78, 5) is 10.7. The highest BCUT2D eigenvalue weighted by atomic mass is 16.6. The number of nitrogens with two attached hydrogens (primary N) is 1. The quantitative estimate of drug-likeness (QED) is 0.507. The van der Waals surface area contributed by atoms with Gasteiger partial charge in [0.25, 0.3) is 5.69 Å². The Bertz CT molecular complexity index is 424. The van der Waals surface area contributed by atoms with Crippen molar-refractivity contribution in [3.63, 3.8) is 0 Å². The number of benzene rings is 1. The summed E-state index contributed by atoms with van der Waals surface area (Å²) in [6, 6.07) is 6.95. The summed E-state index contributed by atoms with van der Waals surface area (Å²) < 4.78 is 0. The third-order valence-corrected chi connectivity index (χ3v) is 3.83. The summed E-state index contributed by atoms with van der Waals surface area (Å²) in [5.41, 5.74) is 7.15. The van der Waals surface area contributed by atoms with Crippen LogP contribution in [0, 0.1) is 10.1 Å². The number of nitrogens with zero attached hydrogens (tertiary/aromatic N) is 1. The molecule has 0 aliphatic heterocycles. The zero-order valence-corrected chi connectivity index (χ0v) is 10.6. The van der Waals surface area contributed by atoms with Gasteiger partial charge >= 0.3 is 0 Å². The SMILES string of the molecule is NC1(Cc2ccccc2[N+](=O)[O-])CCCCCC1. The maximum absolute atomic E-state index is 11.0. The molecule has 1 saturated carbocycles. The van der Waals surface area contributed by atoms with Crippen molar-refractivity contribution in [2.75, 3.05) is 0 Å². The van der Waals surface area contributed by atoms with Gasteiger partial charge in [-0.25, -0.2) is 0 Å². The molecule has 0 amide bonds. The molecule has 2 rings (SSSR count). The lowest BCUT2D eigenvalue weighted by molar-refractivity contribution is -0.385. The van der Waals surface area contributed by atoms with E-state index in [0.717, 1.165) is 31.2 Å². The Kier molecular flexibility index (Phi) is 3.97. The Hall–Kier alpha value is -1.42. The second kappa shape index (κ2) is 5.48. The molecule has 1 aromatic rings. The first-order valence-electron chi connectivity index (χ1n) is 6.62. The van der Waals surface area contributed by atoms with Gasteiger partial charge in [0.2, 0.25) is 0 Å². The van der Waals surface area contributed by atoms with Gasteiger partial charge in [-0.05, 0) is 19.3 Å². The molecule has 0 saturated heterocycles. The van der Waals surface area contributed by atoms with Gasteiger partial charge in [0, 0.05) is 17.2 Å². The number of hydrogen-bond donors (Lipinski definition) is 1. The summed E-state index contributed by atoms with van der Waals surface area (Å²) in [6.07, 6.45) is 7.29. The van der Waals surface area contributed by atoms with E-state index in [0.29, 0.717) is 6.42 Å². The van der Waals surface area contributed by atoms with Crippen LogP contribution >= 0.6 is 0 Å². The molecule has 98 valence electrons. The van der Waals surface area contributed by atoms with Gasteiger partial charge < -0.3 is 5.73 Å². The second-order valence-corrected chi connectivity index (χ2v) is 5.34. The van der Waals surface area contributed by atoms with Crippen LogP contribution in [0.1, 0.15) is 44.1 Å². The molecule has 0 bridgehead atoms. The van der Waals surface area contributed by atoms with Crippen molar-refractivity contribution < 1.29 is 4.92 Å². The summed E-state index contributed by atoms with van der Waals surface area (Å²) in [6.45, 7) is 0. The molecule has 0 unspecified atom stereocenters. The van der Waals surface area contributed by atoms with Crippen molar-refractivity contribution in [3.05, 3.63) is 39.9 Å². The second-order valence-electron chi connectivity index (χ2n) is 5.34. The van der Waals surface area contributed by atoms with Gasteiger partial charge in [0.05, 0.1) is 4.92 Å². The maximum Gasteiger partial charge on any atom is 0.272 e. The van der Waals surface area contributed by atoms with E-state index in [9.17, 15) is 10.1 Å². The smallest absolute Gasteiger partial charge is 0.272 e. The molecule has 2 N–H and O–H groups in total. The van der Waals surface area contributed by atoms with Crippen LogP contribution in [0.3, 0.4) is 0 Å². The molecular weight excluding hydrogens is 228 g/mol. The lowest BCUT2D eigenvalue weighted by atomic mass is 9.84. The average molecular weight is 248 g/mol. The van der Waals surface area contributed by atoms with Crippen molar-refractivity contribution >= 4 is 5.69 Å². The average Bonchev–Trinajstić information content (AvgIpc) is 2.54. The third kappa shape index (κ3) is 3.07. The van der Waals surface area contributed by atoms with Gasteiger partial charge in [0.15, 0.2) is 0 Å². The van der Waals surface area contributed by atoms with E-state index in [2.05, 4.69) is 0 Å². The predicted molar refractivity (Wildman–Crippen MR) is 71.4 cm³/mol. The fourth-order valence-electron chi connectivity index (χ4n) is 2.83. The fraction of sp³-hybridized carbons (Fsp3) is 0.571. The van der Waals surface area contributed by atoms with E-state index in [-0.39, 0.29) is 16.1 Å². The number of rotatable bonds is 3. The van der Waals surface area contributed by atoms with E-state index in [4.69, 9.17) is 5.73 Å². The van der Waals surface area contributed by atoms with Gasteiger partial charge in [-0.3, -0.25) is 10.1 Å². The van der Waals surface area contributed by atoms with E-state index < -0.39 is 0 Å². The van der Waals surface area contributed by atoms with Gasteiger partial charge in [0.1, 0.15) is 0 Å². The number of hydrogen-bond acceptors (Lipinski definition) is 3. The lowest BCUT2D eigenvalue weighted by Crippen LogP contribution is -2.41. The molecule has 1 fully saturated rings. The zero-order valence-electron chi connectivity index (χ0n) is 10.6. The van der Waals surface area contributed by atoms with E-state index in [1.54, 1.807) is 12.1 Å². The lowest BCUT2D eigenvalue weighted by Gasteiger charge is -2.28. The van der Waals surface area contributed by atoms with Crippen LogP contribution in [0.5, 0.6) is 0 Å². The largest absolute Gasteiger partial charge is 0.325 e. The molecule has 1 aliphatic carbocycles. The van der Waals surface area contributed by atoms with E-state index >= 15 is 0 Å². The highest BCUT2D eigenvalue weighted by Crippen LogP contribution is 2.30. The molecular formula is C14H20N2O2. The molecule has 4 nitrogen and oxygen atoms in total. The molecule has 0 atom stereocenters. The van der Waals surface area contributed by atoms with Crippen molar-refractivity contribution in [2.45, 2.75) is 50.5 Å². The first-order valence-corrected chi connectivity index (χ1v) is 6.62. The van der Waals surface area contributed by atoms with Crippen LogP contribution in [0.15, 0.2) is 24.3 Å². The molecule has 18 heavy (non-hydrogen) atoms. The molecule has 0 radical (unpaired) electrons. The fourth-order valence-corrected chi connectivity index (χ4v) is 2.83. The van der Waals surface area contributed by atoms with E-state index in [1.807, 2.05) is 12.1 Å². The molecule has 0 heterocycles. The Morgan fingerprint density at radius 2 is 1.78 bits per heavy atom. The highest BCUT2D eigenvalue weighted by Gasteiger charge is 2.29.